The number of thioether (sulfide) groups is 1. The molecule has 1 aliphatic rings. The van der Waals surface area contributed by atoms with Crippen LogP contribution in [0.25, 0.3) is 16.6 Å². The number of rotatable bonds is 6. The highest BCUT2D eigenvalue weighted by Crippen LogP contribution is 2.29. The van der Waals surface area contributed by atoms with Crippen LogP contribution in [0, 0.1) is 0 Å². The molecule has 0 bridgehead atoms. The molecule has 3 aromatic rings. The fourth-order valence-corrected chi connectivity index (χ4v) is 5.11. The highest BCUT2D eigenvalue weighted by atomic mass is 32.2. The number of aromatic nitrogens is 2. The van der Waals surface area contributed by atoms with E-state index in [0.29, 0.717) is 16.1 Å². The van der Waals surface area contributed by atoms with E-state index in [4.69, 9.17) is 4.98 Å². The van der Waals surface area contributed by atoms with Crippen molar-refractivity contribution >= 4 is 28.6 Å². The highest BCUT2D eigenvalue weighted by molar-refractivity contribution is 8.00. The van der Waals surface area contributed by atoms with Gasteiger partial charge in [-0.1, -0.05) is 68.8 Å². The van der Waals surface area contributed by atoms with Crippen LogP contribution in [-0.4, -0.2) is 26.8 Å². The maximum Gasteiger partial charge on any atom is 0.266 e. The Bertz CT molecular complexity index is 1150. The van der Waals surface area contributed by atoms with Crippen LogP contribution in [0.15, 0.2) is 58.5 Å². The van der Waals surface area contributed by atoms with Gasteiger partial charge in [-0.25, -0.2) is 4.98 Å². The Morgan fingerprint density at radius 3 is 2.48 bits per heavy atom. The van der Waals surface area contributed by atoms with E-state index in [1.807, 2.05) is 55.5 Å². The molecule has 0 unspecified atom stereocenters. The van der Waals surface area contributed by atoms with Crippen molar-refractivity contribution in [3.63, 3.8) is 0 Å². The molecule has 6 heteroatoms. The highest BCUT2D eigenvalue weighted by Gasteiger charge is 2.24. The molecule has 2 aromatic carbocycles. The van der Waals surface area contributed by atoms with E-state index in [0.717, 1.165) is 24.1 Å². The number of nitrogens with one attached hydrogen (secondary N) is 1. The quantitative estimate of drug-likeness (QED) is 0.435. The van der Waals surface area contributed by atoms with E-state index < -0.39 is 0 Å². The standard InChI is InChI=1S/C25H29N3O2S/c1-16(2)19-12-7-9-15-22(19)28-24(30)20-13-6-8-14-21(20)27-25(28)31-17(3)23(29)26-18-10-4-5-11-18/h6-9,12-18H,4-5,10-11H2,1-3H3,(H,26,29)/t17-/m1/s1. The first kappa shape index (κ1) is 21.6. The van der Waals surface area contributed by atoms with Crippen molar-refractivity contribution in [1.82, 2.24) is 14.9 Å². The zero-order valence-corrected chi connectivity index (χ0v) is 19.1. The molecule has 1 aromatic heterocycles. The lowest BCUT2D eigenvalue weighted by Crippen LogP contribution is -2.38. The van der Waals surface area contributed by atoms with Crippen LogP contribution in [0.1, 0.15) is 57.9 Å². The van der Waals surface area contributed by atoms with Crippen LogP contribution in [0.4, 0.5) is 0 Å². The number of benzene rings is 2. The van der Waals surface area contributed by atoms with Gasteiger partial charge in [0.2, 0.25) is 5.91 Å². The molecule has 0 radical (unpaired) electrons. The van der Waals surface area contributed by atoms with E-state index in [9.17, 15) is 9.59 Å². The first-order valence-corrected chi connectivity index (χ1v) is 11.9. The summed E-state index contributed by atoms with van der Waals surface area (Å²) in [6.07, 6.45) is 4.43. The van der Waals surface area contributed by atoms with Crippen molar-refractivity contribution in [2.75, 3.05) is 0 Å². The third kappa shape index (κ3) is 4.54. The van der Waals surface area contributed by atoms with Gasteiger partial charge >= 0.3 is 0 Å². The monoisotopic (exact) mass is 435 g/mol. The molecule has 0 saturated heterocycles. The molecule has 1 aliphatic carbocycles. The normalized spacial score (nSPS) is 15.5. The average molecular weight is 436 g/mol. The molecule has 1 heterocycles. The fourth-order valence-electron chi connectivity index (χ4n) is 4.18. The predicted octanol–water partition coefficient (Wildman–Crippen LogP) is 5.05. The van der Waals surface area contributed by atoms with Gasteiger partial charge in [-0.3, -0.25) is 14.2 Å². The lowest BCUT2D eigenvalue weighted by Gasteiger charge is -2.20. The van der Waals surface area contributed by atoms with E-state index in [-0.39, 0.29) is 28.7 Å². The summed E-state index contributed by atoms with van der Waals surface area (Å²) in [4.78, 5) is 31.2. The molecule has 0 aliphatic heterocycles. The van der Waals surface area contributed by atoms with Crippen molar-refractivity contribution < 1.29 is 4.79 Å². The summed E-state index contributed by atoms with van der Waals surface area (Å²) < 4.78 is 1.68. The first-order chi connectivity index (χ1) is 15.0. The Hall–Kier alpha value is -2.60. The maximum atomic E-state index is 13.6. The van der Waals surface area contributed by atoms with Gasteiger partial charge in [0.15, 0.2) is 5.16 Å². The summed E-state index contributed by atoms with van der Waals surface area (Å²) in [6, 6.07) is 15.6. The fraction of sp³-hybridized carbons (Fsp3) is 0.400. The SMILES string of the molecule is CC(C)c1ccccc1-n1c(S[C@H](C)C(=O)NC2CCCC2)nc2ccccc2c1=O. The van der Waals surface area contributed by atoms with Gasteiger partial charge in [0.1, 0.15) is 0 Å². The lowest BCUT2D eigenvalue weighted by molar-refractivity contribution is -0.120. The Balaban J connectivity index is 1.78. The second-order valence-corrected chi connectivity index (χ2v) is 9.82. The summed E-state index contributed by atoms with van der Waals surface area (Å²) in [5, 5.41) is 3.93. The lowest BCUT2D eigenvalue weighted by atomic mass is 10.0. The van der Waals surface area contributed by atoms with Crippen molar-refractivity contribution in [2.45, 2.75) is 68.8 Å². The molecular weight excluding hydrogens is 406 g/mol. The van der Waals surface area contributed by atoms with Gasteiger partial charge in [0.05, 0.1) is 21.8 Å². The number of amides is 1. The zero-order chi connectivity index (χ0) is 22.0. The van der Waals surface area contributed by atoms with Crippen LogP contribution in [0.2, 0.25) is 0 Å². The van der Waals surface area contributed by atoms with E-state index >= 15 is 0 Å². The summed E-state index contributed by atoms with van der Waals surface area (Å²) in [6.45, 7) is 6.11. The molecule has 31 heavy (non-hydrogen) atoms. The average Bonchev–Trinajstić information content (AvgIpc) is 3.27. The van der Waals surface area contributed by atoms with Gasteiger partial charge in [-0.15, -0.1) is 0 Å². The third-order valence-corrected chi connectivity index (χ3v) is 6.95. The Kier molecular flexibility index (Phi) is 6.46. The summed E-state index contributed by atoms with van der Waals surface area (Å²) in [5.41, 5.74) is 2.44. The molecule has 1 atom stereocenters. The zero-order valence-electron chi connectivity index (χ0n) is 18.3. The van der Waals surface area contributed by atoms with Crippen LogP contribution < -0.4 is 10.9 Å². The van der Waals surface area contributed by atoms with Crippen LogP contribution in [-0.2, 0) is 4.79 Å². The largest absolute Gasteiger partial charge is 0.352 e. The molecule has 4 rings (SSSR count). The molecule has 1 amide bonds. The van der Waals surface area contributed by atoms with E-state index in [2.05, 4.69) is 19.2 Å². The van der Waals surface area contributed by atoms with Gasteiger partial charge in [-0.2, -0.15) is 0 Å². The molecule has 162 valence electrons. The Morgan fingerprint density at radius 1 is 1.06 bits per heavy atom. The van der Waals surface area contributed by atoms with Crippen molar-refractivity contribution in [2.24, 2.45) is 0 Å². The van der Waals surface area contributed by atoms with E-state index in [1.54, 1.807) is 4.57 Å². The van der Waals surface area contributed by atoms with Gasteiger partial charge in [0.25, 0.3) is 5.56 Å². The van der Waals surface area contributed by atoms with Gasteiger partial charge < -0.3 is 5.32 Å². The topological polar surface area (TPSA) is 64.0 Å². The predicted molar refractivity (Wildman–Crippen MR) is 127 cm³/mol. The minimum absolute atomic E-state index is 0.00278. The van der Waals surface area contributed by atoms with E-state index in [1.165, 1.54) is 24.6 Å². The number of carbonyl (C=O) groups excluding carboxylic acids is 1. The summed E-state index contributed by atoms with van der Waals surface area (Å²) in [7, 11) is 0. The first-order valence-electron chi connectivity index (χ1n) is 11.0. The Morgan fingerprint density at radius 2 is 1.74 bits per heavy atom. The number of para-hydroxylation sites is 2. The molecule has 5 nitrogen and oxygen atoms in total. The molecular formula is C25H29N3O2S. The number of hydrogen-bond donors (Lipinski definition) is 1. The maximum absolute atomic E-state index is 13.6. The van der Waals surface area contributed by atoms with Crippen molar-refractivity contribution in [3.05, 3.63) is 64.4 Å². The van der Waals surface area contributed by atoms with Crippen LogP contribution >= 0.6 is 11.8 Å². The second kappa shape index (κ2) is 9.27. The van der Waals surface area contributed by atoms with Crippen LogP contribution in [0.3, 0.4) is 0 Å². The number of nitrogens with zero attached hydrogens (tertiary/aromatic N) is 2. The molecule has 0 spiro atoms. The van der Waals surface area contributed by atoms with Crippen molar-refractivity contribution in [3.8, 4) is 5.69 Å². The Labute approximate surface area is 187 Å². The minimum Gasteiger partial charge on any atom is -0.352 e. The molecule has 1 saturated carbocycles. The van der Waals surface area contributed by atoms with Gasteiger partial charge in [-0.05, 0) is 49.4 Å². The summed E-state index contributed by atoms with van der Waals surface area (Å²) in [5.74, 6) is 0.249. The number of hydrogen-bond acceptors (Lipinski definition) is 4. The van der Waals surface area contributed by atoms with Crippen molar-refractivity contribution in [1.29, 1.82) is 0 Å². The third-order valence-electron chi connectivity index (χ3n) is 5.90. The van der Waals surface area contributed by atoms with Crippen LogP contribution in [0.5, 0.6) is 0 Å². The molecule has 1 N–H and O–H groups in total. The number of carbonyl (C=O) groups is 1. The second-order valence-electron chi connectivity index (χ2n) is 8.52. The summed E-state index contributed by atoms with van der Waals surface area (Å²) >= 11 is 1.35. The smallest absolute Gasteiger partial charge is 0.266 e. The minimum atomic E-state index is -0.355. The molecule has 1 fully saturated rings. The van der Waals surface area contributed by atoms with Gasteiger partial charge in [0, 0.05) is 6.04 Å². The number of fused-ring (bicyclic) bond motifs is 1.